The molecule has 1 fully saturated rings. The molecule has 0 spiro atoms. The molecule has 1 heterocycles. The van der Waals surface area contributed by atoms with Crippen molar-refractivity contribution < 1.29 is 18.3 Å². The van der Waals surface area contributed by atoms with Crippen molar-refractivity contribution in [3.63, 3.8) is 0 Å². The van der Waals surface area contributed by atoms with Crippen LogP contribution in [0.25, 0.3) is 0 Å². The molecule has 1 aromatic rings. The van der Waals surface area contributed by atoms with Crippen LogP contribution in [-0.2, 0) is 6.18 Å². The topological polar surface area (TPSA) is 62.4 Å². The fourth-order valence-corrected chi connectivity index (χ4v) is 2.57. The standard InChI is InChI=1S/C13H16F3N3OS/c1-19(6-7-4-8(20)5-7)12-9(11(17)21)2-3-10(18-12)13(14,15)16/h2-3,7-8,20H,4-6H2,1H3,(H2,17,21). The lowest BCUT2D eigenvalue weighted by molar-refractivity contribution is -0.141. The van der Waals surface area contributed by atoms with Gasteiger partial charge in [0.1, 0.15) is 16.5 Å². The SMILES string of the molecule is CN(CC1CC(O)C1)c1nc(C(F)(F)F)ccc1C(N)=S. The van der Waals surface area contributed by atoms with Crippen LogP contribution in [0.4, 0.5) is 19.0 Å². The van der Waals surface area contributed by atoms with E-state index in [4.69, 9.17) is 18.0 Å². The second kappa shape index (κ2) is 5.76. The Hall–Kier alpha value is -1.41. The summed E-state index contributed by atoms with van der Waals surface area (Å²) < 4.78 is 38.3. The zero-order valence-corrected chi connectivity index (χ0v) is 12.2. The number of thiocarbonyl (C=S) groups is 1. The van der Waals surface area contributed by atoms with Crippen molar-refractivity contribution in [2.24, 2.45) is 11.7 Å². The third-order valence-corrected chi connectivity index (χ3v) is 3.76. The molecule has 0 unspecified atom stereocenters. The second-order valence-electron chi connectivity index (χ2n) is 5.30. The number of nitrogens with two attached hydrogens (primary N) is 1. The van der Waals surface area contributed by atoms with Gasteiger partial charge < -0.3 is 15.7 Å². The normalized spacial score (nSPS) is 21.8. The lowest BCUT2D eigenvalue weighted by atomic mass is 9.82. The minimum absolute atomic E-state index is 0.00622. The highest BCUT2D eigenvalue weighted by molar-refractivity contribution is 7.80. The van der Waals surface area contributed by atoms with Crippen molar-refractivity contribution in [3.05, 3.63) is 23.4 Å². The Labute approximate surface area is 125 Å². The molecule has 2 rings (SSSR count). The van der Waals surface area contributed by atoms with Crippen LogP contribution in [0.2, 0.25) is 0 Å². The number of hydrogen-bond acceptors (Lipinski definition) is 4. The molecule has 8 heteroatoms. The number of aliphatic hydroxyl groups is 1. The molecule has 0 bridgehead atoms. The Morgan fingerprint density at radius 1 is 1.48 bits per heavy atom. The summed E-state index contributed by atoms with van der Waals surface area (Å²) >= 11 is 4.87. The van der Waals surface area contributed by atoms with E-state index in [2.05, 4.69) is 4.98 Å². The first kappa shape index (κ1) is 16.0. The Bertz CT molecular complexity index is 544. The zero-order chi connectivity index (χ0) is 15.8. The molecule has 1 saturated carbocycles. The number of hydrogen-bond donors (Lipinski definition) is 2. The van der Waals surface area contributed by atoms with Crippen molar-refractivity contribution in [3.8, 4) is 0 Å². The molecule has 1 aromatic heterocycles. The van der Waals surface area contributed by atoms with Crippen molar-refractivity contribution in [2.45, 2.75) is 25.1 Å². The average Bonchev–Trinajstić information content (AvgIpc) is 2.34. The van der Waals surface area contributed by atoms with Crippen molar-refractivity contribution in [1.29, 1.82) is 0 Å². The summed E-state index contributed by atoms with van der Waals surface area (Å²) in [7, 11) is 1.65. The van der Waals surface area contributed by atoms with Gasteiger partial charge in [-0.25, -0.2) is 4.98 Å². The third kappa shape index (κ3) is 3.62. The first-order valence-electron chi connectivity index (χ1n) is 6.45. The zero-order valence-electron chi connectivity index (χ0n) is 11.4. The third-order valence-electron chi connectivity index (χ3n) is 3.54. The highest BCUT2D eigenvalue weighted by atomic mass is 32.1. The summed E-state index contributed by atoms with van der Waals surface area (Å²) in [6.45, 7) is 0.501. The largest absolute Gasteiger partial charge is 0.433 e. The lowest BCUT2D eigenvalue weighted by Gasteiger charge is -2.35. The highest BCUT2D eigenvalue weighted by Gasteiger charge is 2.34. The van der Waals surface area contributed by atoms with Gasteiger partial charge >= 0.3 is 6.18 Å². The van der Waals surface area contributed by atoms with E-state index < -0.39 is 11.9 Å². The summed E-state index contributed by atoms with van der Waals surface area (Å²) in [5, 5.41) is 9.27. The van der Waals surface area contributed by atoms with E-state index >= 15 is 0 Å². The van der Waals surface area contributed by atoms with E-state index in [1.165, 1.54) is 6.07 Å². The summed E-state index contributed by atoms with van der Waals surface area (Å²) in [6.07, 6.45) is -3.54. The Morgan fingerprint density at radius 2 is 2.10 bits per heavy atom. The number of alkyl halides is 3. The van der Waals surface area contributed by atoms with E-state index in [1.54, 1.807) is 11.9 Å². The quantitative estimate of drug-likeness (QED) is 0.831. The van der Waals surface area contributed by atoms with Crippen LogP contribution in [-0.4, -0.2) is 34.8 Å². The maximum atomic E-state index is 12.8. The molecule has 1 aliphatic carbocycles. The van der Waals surface area contributed by atoms with Gasteiger partial charge in [0.15, 0.2) is 0 Å². The Morgan fingerprint density at radius 3 is 2.57 bits per heavy atom. The molecule has 0 atom stereocenters. The van der Waals surface area contributed by atoms with E-state index in [0.29, 0.717) is 24.9 Å². The molecule has 0 radical (unpaired) electrons. The van der Waals surface area contributed by atoms with E-state index in [1.807, 2.05) is 0 Å². The van der Waals surface area contributed by atoms with E-state index in [-0.39, 0.29) is 22.8 Å². The minimum atomic E-state index is -4.52. The van der Waals surface area contributed by atoms with E-state index in [9.17, 15) is 18.3 Å². The number of rotatable bonds is 4. The lowest BCUT2D eigenvalue weighted by Crippen LogP contribution is -2.38. The monoisotopic (exact) mass is 319 g/mol. The fraction of sp³-hybridized carbons (Fsp3) is 0.538. The minimum Gasteiger partial charge on any atom is -0.393 e. The molecule has 0 saturated heterocycles. The molecular weight excluding hydrogens is 303 g/mol. The van der Waals surface area contributed by atoms with Gasteiger partial charge in [-0.3, -0.25) is 0 Å². The van der Waals surface area contributed by atoms with Gasteiger partial charge in [-0.15, -0.1) is 0 Å². The average molecular weight is 319 g/mol. The fourth-order valence-electron chi connectivity index (χ4n) is 2.41. The molecule has 0 aliphatic heterocycles. The van der Waals surface area contributed by atoms with Crippen LogP contribution >= 0.6 is 12.2 Å². The van der Waals surface area contributed by atoms with Crippen LogP contribution in [0, 0.1) is 5.92 Å². The van der Waals surface area contributed by atoms with Crippen molar-refractivity contribution in [2.75, 3.05) is 18.5 Å². The summed E-state index contributed by atoms with van der Waals surface area (Å²) in [5.41, 5.74) is 4.90. The summed E-state index contributed by atoms with van der Waals surface area (Å²) in [6, 6.07) is 2.12. The van der Waals surface area contributed by atoms with Crippen LogP contribution in [0.5, 0.6) is 0 Å². The first-order chi connectivity index (χ1) is 9.68. The second-order valence-corrected chi connectivity index (χ2v) is 5.74. The molecule has 116 valence electrons. The van der Waals surface area contributed by atoms with E-state index in [0.717, 1.165) is 6.07 Å². The number of pyridine rings is 1. The van der Waals surface area contributed by atoms with Gasteiger partial charge in [-0.1, -0.05) is 12.2 Å². The van der Waals surface area contributed by atoms with Gasteiger partial charge in [0.05, 0.1) is 11.7 Å². The first-order valence-corrected chi connectivity index (χ1v) is 6.86. The molecule has 0 amide bonds. The predicted molar refractivity (Wildman–Crippen MR) is 77.1 cm³/mol. The molecule has 0 aromatic carbocycles. The van der Waals surface area contributed by atoms with Gasteiger partial charge in [0.2, 0.25) is 0 Å². The van der Waals surface area contributed by atoms with Gasteiger partial charge in [0.25, 0.3) is 0 Å². The van der Waals surface area contributed by atoms with Gasteiger partial charge in [-0.05, 0) is 30.9 Å². The van der Waals surface area contributed by atoms with Crippen LogP contribution in [0.3, 0.4) is 0 Å². The van der Waals surface area contributed by atoms with Crippen molar-refractivity contribution >= 4 is 23.0 Å². The predicted octanol–water partition coefficient (Wildman–Crippen LogP) is 1.94. The van der Waals surface area contributed by atoms with Gasteiger partial charge in [0, 0.05) is 13.6 Å². The molecule has 3 N–H and O–H groups in total. The number of nitrogens with zero attached hydrogens (tertiary/aromatic N) is 2. The molecular formula is C13H16F3N3OS. The number of anilines is 1. The van der Waals surface area contributed by atoms with Gasteiger partial charge in [-0.2, -0.15) is 13.2 Å². The summed E-state index contributed by atoms with van der Waals surface area (Å²) in [5.74, 6) is 0.360. The van der Waals surface area contributed by atoms with Crippen molar-refractivity contribution in [1.82, 2.24) is 4.98 Å². The number of halogens is 3. The summed E-state index contributed by atoms with van der Waals surface area (Å²) in [4.78, 5) is 5.28. The van der Waals surface area contributed by atoms with Crippen LogP contribution in [0.1, 0.15) is 24.1 Å². The molecule has 21 heavy (non-hydrogen) atoms. The molecule has 4 nitrogen and oxygen atoms in total. The maximum Gasteiger partial charge on any atom is 0.433 e. The molecule has 1 aliphatic rings. The Kier molecular flexibility index (Phi) is 4.38. The maximum absolute atomic E-state index is 12.8. The number of aliphatic hydroxyl groups excluding tert-OH is 1. The van der Waals surface area contributed by atoms with Crippen LogP contribution in [0.15, 0.2) is 12.1 Å². The smallest absolute Gasteiger partial charge is 0.393 e. The van der Waals surface area contributed by atoms with Crippen LogP contribution < -0.4 is 10.6 Å². The highest BCUT2D eigenvalue weighted by Crippen LogP contribution is 2.32. The number of aromatic nitrogens is 1. The Balaban J connectivity index is 2.27.